The Morgan fingerprint density at radius 2 is 1.30 bits per heavy atom. The Morgan fingerprint density at radius 3 is 1.75 bits per heavy atom. The molecule has 0 aliphatic rings. The Labute approximate surface area is 349 Å². The van der Waals surface area contributed by atoms with Crippen LogP contribution in [0, 0.1) is 0 Å². The second kappa shape index (κ2) is 20.7. The summed E-state index contributed by atoms with van der Waals surface area (Å²) in [5, 5.41) is 15.4. The Balaban J connectivity index is 0.000000267. The van der Waals surface area contributed by atoms with Crippen molar-refractivity contribution < 1.29 is 45.2 Å². The minimum Gasteiger partial charge on any atom is -0.454 e. The number of ketones is 1. The number of hydrogen-bond donors (Lipinski definition) is 5. The van der Waals surface area contributed by atoms with Crippen molar-refractivity contribution in [2.45, 2.75) is 82.6 Å². The lowest BCUT2D eigenvalue weighted by molar-refractivity contribution is 0.0570. The van der Waals surface area contributed by atoms with E-state index >= 15 is 0 Å². The predicted octanol–water partition coefficient (Wildman–Crippen LogP) is 7.79. The quantitative estimate of drug-likeness (QED) is 0.0442. The number of amides is 1. The van der Waals surface area contributed by atoms with Gasteiger partial charge in [0, 0.05) is 24.2 Å². The van der Waals surface area contributed by atoms with Crippen molar-refractivity contribution in [3.63, 3.8) is 0 Å². The maximum Gasteiger partial charge on any atom is 0.439 e. The Morgan fingerprint density at radius 1 is 0.783 bits per heavy atom. The number of primary sulfonamides is 1. The highest BCUT2D eigenvalue weighted by Crippen LogP contribution is 2.40. The summed E-state index contributed by atoms with van der Waals surface area (Å²) in [7, 11) is -8.58. The summed E-state index contributed by atoms with van der Waals surface area (Å²) in [5.41, 5.74) is 0.322. The smallest absolute Gasteiger partial charge is 0.439 e. The second-order valence-corrected chi connectivity index (χ2v) is 17.4. The molecule has 0 bridgehead atoms. The molecule has 60 heavy (non-hydrogen) atoms. The summed E-state index contributed by atoms with van der Waals surface area (Å²) in [5.74, 6) is -0.0999. The van der Waals surface area contributed by atoms with Gasteiger partial charge >= 0.3 is 11.8 Å². The van der Waals surface area contributed by atoms with Crippen molar-refractivity contribution in [2.75, 3.05) is 23.7 Å². The zero-order valence-corrected chi connectivity index (χ0v) is 35.8. The molecule has 0 unspecified atom stereocenters. The first-order chi connectivity index (χ1) is 28.3. The molecule has 0 atom stereocenters. The van der Waals surface area contributed by atoms with Gasteiger partial charge in [-0.2, -0.15) is 0 Å². The number of aromatic nitrogens is 2. The largest absolute Gasteiger partial charge is 0.454 e. The van der Waals surface area contributed by atoms with Gasteiger partial charge in [-0.1, -0.05) is 68.2 Å². The number of nitrogens with two attached hydrogens (primary N) is 1. The molecule has 4 aromatic carbocycles. The van der Waals surface area contributed by atoms with Crippen LogP contribution in [-0.4, -0.2) is 57.5 Å². The lowest BCUT2D eigenvalue weighted by atomic mass is 10.1. The number of ether oxygens (including phenoxy) is 3. The fourth-order valence-corrected chi connectivity index (χ4v) is 7.01. The molecule has 5 aromatic rings. The molecule has 0 saturated carbocycles. The van der Waals surface area contributed by atoms with Crippen molar-refractivity contribution >= 4 is 43.3 Å². The van der Waals surface area contributed by atoms with E-state index in [4.69, 9.17) is 19.3 Å². The molecule has 17 nitrogen and oxygen atoms in total. The number of H-pyrrole nitrogens is 1. The fourth-order valence-electron chi connectivity index (χ4n) is 5.26. The summed E-state index contributed by atoms with van der Waals surface area (Å²) in [4.78, 5) is 37.4. The van der Waals surface area contributed by atoms with Crippen LogP contribution >= 0.6 is 0 Å². The van der Waals surface area contributed by atoms with Crippen LogP contribution in [0.15, 0.2) is 104 Å². The van der Waals surface area contributed by atoms with E-state index in [1.165, 1.54) is 19.1 Å². The average molecular weight is 867 g/mol. The lowest BCUT2D eigenvalue weighted by Crippen LogP contribution is -2.36. The number of benzene rings is 4. The lowest BCUT2D eigenvalue weighted by Gasteiger charge is -2.21. The van der Waals surface area contributed by atoms with Crippen molar-refractivity contribution in [3.8, 4) is 34.4 Å². The molecule has 322 valence electrons. The van der Waals surface area contributed by atoms with E-state index in [1.807, 2.05) is 24.6 Å². The number of carbonyl (C=O) groups is 2. The van der Waals surface area contributed by atoms with Gasteiger partial charge in [-0.05, 0) is 89.1 Å². The molecule has 0 saturated heterocycles. The van der Waals surface area contributed by atoms with E-state index in [0.717, 1.165) is 25.7 Å². The molecule has 0 aliphatic carbocycles. The monoisotopic (exact) mass is 866 g/mol. The summed E-state index contributed by atoms with van der Waals surface area (Å²) in [6, 6.07) is 23.0. The van der Waals surface area contributed by atoms with Crippen LogP contribution in [-0.2, 0) is 24.8 Å². The van der Waals surface area contributed by atoms with Crippen molar-refractivity contribution in [2.24, 2.45) is 5.14 Å². The van der Waals surface area contributed by atoms with Crippen molar-refractivity contribution in [1.29, 1.82) is 0 Å². The Kier molecular flexibility index (Phi) is 16.0. The maximum atomic E-state index is 13.2. The molecule has 0 radical (unpaired) electrons. The predicted molar refractivity (Wildman–Crippen MR) is 227 cm³/mol. The molecule has 0 aliphatic heterocycles. The van der Waals surface area contributed by atoms with Crippen LogP contribution < -0.4 is 35.7 Å². The van der Waals surface area contributed by atoms with E-state index in [2.05, 4.69) is 25.3 Å². The number of anilines is 2. The first kappa shape index (κ1) is 46.5. The molecule has 0 spiro atoms. The first-order valence-corrected chi connectivity index (χ1v) is 22.0. The number of unbranched alkanes of at least 4 members (excludes halogenated alkanes) is 2. The Hall–Kier alpha value is -6.18. The number of nitrogens with one attached hydrogen (secondary N) is 4. The van der Waals surface area contributed by atoms with E-state index in [0.29, 0.717) is 41.5 Å². The zero-order chi connectivity index (χ0) is 44.1. The normalized spacial score (nSPS) is 11.4. The number of Topliss-reactive ketones (excluding diaryl/α,β-unsaturated/α-hetero) is 1. The van der Waals surface area contributed by atoms with Crippen LogP contribution in [0.3, 0.4) is 0 Å². The highest BCUT2D eigenvalue weighted by molar-refractivity contribution is 7.90. The summed E-state index contributed by atoms with van der Waals surface area (Å²) in [6.07, 6.45) is 2.42. The zero-order valence-electron chi connectivity index (χ0n) is 34.2. The molecule has 1 amide bonds. The van der Waals surface area contributed by atoms with Crippen molar-refractivity contribution in [3.05, 3.63) is 101 Å². The van der Waals surface area contributed by atoms with E-state index in [1.54, 1.807) is 87.5 Å². The van der Waals surface area contributed by atoms with Gasteiger partial charge in [0.2, 0.25) is 10.0 Å². The summed E-state index contributed by atoms with van der Waals surface area (Å²) >= 11 is 0. The highest BCUT2D eigenvalue weighted by Gasteiger charge is 2.29. The number of nitrogens with zero attached hydrogens (tertiary/aromatic N) is 1. The van der Waals surface area contributed by atoms with Crippen molar-refractivity contribution in [1.82, 2.24) is 14.9 Å². The van der Waals surface area contributed by atoms with E-state index in [-0.39, 0.29) is 38.5 Å². The molecular formula is C41H50N6O11S2. The van der Waals surface area contributed by atoms with Gasteiger partial charge < -0.3 is 24.8 Å². The number of hydrogen-bond acceptors (Lipinski definition) is 14. The van der Waals surface area contributed by atoms with Crippen LogP contribution in [0.25, 0.3) is 11.4 Å². The molecule has 6 N–H and O–H groups in total. The van der Waals surface area contributed by atoms with Crippen LogP contribution in [0.4, 0.5) is 16.2 Å². The molecule has 1 aromatic heterocycles. The SMILES string of the molecule is CCCCNc1cc(-c2noc(=O)[nH]2)cc(S(N)(=O)=O)c1Oc1ccccc1.CCCCNc1cc(C(C)=O)cc(S(=O)(=O)NC(=O)OC(C)(C)C)c1Oc1ccccc1. The third-order valence-electron chi connectivity index (χ3n) is 8.06. The second-order valence-electron chi connectivity index (χ2n) is 14.2. The van der Waals surface area contributed by atoms with Gasteiger partial charge in [-0.25, -0.2) is 36.3 Å². The molecule has 5 rings (SSSR count). The molecule has 0 fully saturated rings. The topological polar surface area (TPSA) is 251 Å². The number of sulfonamides is 2. The number of rotatable bonds is 17. The van der Waals surface area contributed by atoms with Gasteiger partial charge in [0.1, 0.15) is 26.9 Å². The van der Waals surface area contributed by atoms with E-state index < -0.39 is 37.5 Å². The Bertz CT molecular complexity index is 2520. The molecular weight excluding hydrogens is 817 g/mol. The molecule has 19 heteroatoms. The average Bonchev–Trinajstić information content (AvgIpc) is 3.61. The number of para-hydroxylation sites is 2. The van der Waals surface area contributed by atoms with E-state index in [9.17, 15) is 31.2 Å². The van der Waals surface area contributed by atoms with Gasteiger partial charge in [0.25, 0.3) is 10.0 Å². The molecule has 1 heterocycles. The third-order valence-corrected chi connectivity index (χ3v) is 10.3. The van der Waals surface area contributed by atoms with Gasteiger partial charge in [0.05, 0.1) is 11.4 Å². The number of aromatic amines is 1. The summed E-state index contributed by atoms with van der Waals surface area (Å²) in [6.45, 7) is 11.4. The van der Waals surface area contributed by atoms with Crippen LogP contribution in [0.5, 0.6) is 23.0 Å². The first-order valence-electron chi connectivity index (χ1n) is 19.0. The summed E-state index contributed by atoms with van der Waals surface area (Å²) < 4.78 is 74.2. The van der Waals surface area contributed by atoms with Gasteiger partial charge in [0.15, 0.2) is 23.1 Å². The fraction of sp³-hybridized carbons (Fsp3) is 0.317. The minimum absolute atomic E-state index is 0.0200. The number of carbonyl (C=O) groups excluding carboxylic acids is 2. The maximum absolute atomic E-state index is 13.2. The standard InChI is InChI=1S/C23H30N2O6S.C18H20N4O5S/c1-6-7-13-24-19-14-17(16(2)26)15-20(21(19)30-18-11-9-8-10-12-18)32(28,29)25-22(27)31-23(3,4)5;1-2-3-9-20-14-10-12(17-21-18(23)27-22-17)11-15(28(19,24)25)16(14)26-13-7-5-4-6-8-13/h8-12,14-15,24H,6-7,13H2,1-5H3,(H,25,27);4-8,10-11,20H,2-3,9H2,1H3,(H2,19,24,25)(H,21,22,23). The van der Waals surface area contributed by atoms with Crippen LogP contribution in [0.2, 0.25) is 0 Å². The van der Waals surface area contributed by atoms with Gasteiger partial charge in [-0.15, -0.1) is 0 Å². The minimum atomic E-state index is -4.43. The third kappa shape index (κ3) is 13.7. The van der Waals surface area contributed by atoms with Crippen LogP contribution in [0.1, 0.15) is 77.6 Å². The highest BCUT2D eigenvalue weighted by atomic mass is 32.2. The van der Waals surface area contributed by atoms with Gasteiger partial charge in [-0.3, -0.25) is 14.3 Å².